The molecular formula is C17H14FN5. The van der Waals surface area contributed by atoms with Gasteiger partial charge in [-0.15, -0.1) is 0 Å². The molecule has 5 nitrogen and oxygen atoms in total. The van der Waals surface area contributed by atoms with Gasteiger partial charge in [0, 0.05) is 35.1 Å². The number of H-pyrrole nitrogens is 1. The van der Waals surface area contributed by atoms with E-state index in [-0.39, 0.29) is 0 Å². The first-order valence-electron chi connectivity index (χ1n) is 7.24. The average molecular weight is 307 g/mol. The van der Waals surface area contributed by atoms with E-state index in [9.17, 15) is 4.39 Å². The molecule has 0 aliphatic carbocycles. The summed E-state index contributed by atoms with van der Waals surface area (Å²) in [6.07, 6.45) is 5.18. The molecule has 0 aliphatic heterocycles. The highest BCUT2D eigenvalue weighted by Gasteiger charge is 2.13. The number of aryl methyl sites for hydroxylation is 2. The Hall–Kier alpha value is -3.02. The molecule has 0 saturated heterocycles. The Morgan fingerprint density at radius 1 is 1.17 bits per heavy atom. The first-order chi connectivity index (χ1) is 11.1. The monoisotopic (exact) mass is 307 g/mol. The quantitative estimate of drug-likeness (QED) is 0.576. The van der Waals surface area contributed by atoms with E-state index in [2.05, 4.69) is 26.2 Å². The van der Waals surface area contributed by atoms with Crippen LogP contribution in [-0.4, -0.2) is 24.7 Å². The Labute approximate surface area is 131 Å². The number of pyridine rings is 1. The van der Waals surface area contributed by atoms with E-state index in [4.69, 9.17) is 0 Å². The number of rotatable bonds is 2. The van der Waals surface area contributed by atoms with Crippen molar-refractivity contribution in [2.45, 2.75) is 13.8 Å². The molecule has 114 valence electrons. The summed E-state index contributed by atoms with van der Waals surface area (Å²) in [5, 5.41) is 8.11. The van der Waals surface area contributed by atoms with Crippen molar-refractivity contribution in [3.05, 3.63) is 60.1 Å². The first kappa shape index (κ1) is 13.6. The third-order valence-corrected chi connectivity index (χ3v) is 3.82. The lowest BCUT2D eigenvalue weighted by molar-refractivity contribution is 0.584. The molecule has 0 bridgehead atoms. The summed E-state index contributed by atoms with van der Waals surface area (Å²) in [4.78, 5) is 8.15. The number of aromatic nitrogens is 5. The molecule has 23 heavy (non-hydrogen) atoms. The summed E-state index contributed by atoms with van der Waals surface area (Å²) in [6.45, 7) is 3.94. The van der Waals surface area contributed by atoms with Gasteiger partial charge < -0.3 is 0 Å². The lowest BCUT2D eigenvalue weighted by Gasteiger charge is -2.09. The van der Waals surface area contributed by atoms with Crippen LogP contribution in [0.2, 0.25) is 0 Å². The van der Waals surface area contributed by atoms with E-state index < -0.39 is 5.95 Å². The Morgan fingerprint density at radius 3 is 2.87 bits per heavy atom. The number of hydrogen-bond donors (Lipinski definition) is 1. The van der Waals surface area contributed by atoms with Gasteiger partial charge in [-0.2, -0.15) is 9.49 Å². The van der Waals surface area contributed by atoms with Crippen LogP contribution in [0.15, 0.2) is 42.9 Å². The van der Waals surface area contributed by atoms with Gasteiger partial charge in [0.15, 0.2) is 0 Å². The van der Waals surface area contributed by atoms with Crippen molar-refractivity contribution in [1.29, 1.82) is 0 Å². The van der Waals surface area contributed by atoms with E-state index in [0.717, 1.165) is 27.8 Å². The molecule has 0 radical (unpaired) electrons. The lowest BCUT2D eigenvalue weighted by atomic mass is 10.1. The van der Waals surface area contributed by atoms with Gasteiger partial charge in [-0.1, -0.05) is 0 Å². The zero-order valence-corrected chi connectivity index (χ0v) is 12.7. The largest absolute Gasteiger partial charge is 0.299 e. The van der Waals surface area contributed by atoms with Crippen LogP contribution in [0.4, 0.5) is 4.39 Å². The number of imidazole rings is 1. The molecule has 1 N–H and O–H groups in total. The number of aromatic amines is 1. The minimum absolute atomic E-state index is 0.517. The third kappa shape index (κ3) is 2.28. The van der Waals surface area contributed by atoms with Crippen LogP contribution < -0.4 is 0 Å². The number of nitrogens with zero attached hydrogens (tertiary/aromatic N) is 4. The van der Waals surface area contributed by atoms with E-state index in [1.807, 2.05) is 30.7 Å². The molecule has 0 aliphatic rings. The average Bonchev–Trinajstić information content (AvgIpc) is 3.13. The van der Waals surface area contributed by atoms with E-state index >= 15 is 0 Å². The molecule has 0 spiro atoms. The Balaban J connectivity index is 1.94. The Morgan fingerprint density at radius 2 is 2.04 bits per heavy atom. The van der Waals surface area contributed by atoms with Crippen molar-refractivity contribution >= 4 is 10.9 Å². The highest BCUT2D eigenvalue weighted by Crippen LogP contribution is 2.26. The fourth-order valence-corrected chi connectivity index (χ4v) is 2.79. The zero-order chi connectivity index (χ0) is 16.0. The Kier molecular flexibility index (Phi) is 2.97. The van der Waals surface area contributed by atoms with Gasteiger partial charge in [0.25, 0.3) is 0 Å². The maximum atomic E-state index is 13.5. The smallest absolute Gasteiger partial charge is 0.213 e. The van der Waals surface area contributed by atoms with Crippen LogP contribution in [0.1, 0.15) is 11.3 Å². The maximum Gasteiger partial charge on any atom is 0.213 e. The van der Waals surface area contributed by atoms with Crippen LogP contribution in [0.5, 0.6) is 0 Å². The molecule has 0 saturated carbocycles. The van der Waals surface area contributed by atoms with Gasteiger partial charge in [-0.25, -0.2) is 9.97 Å². The normalized spacial score (nSPS) is 11.3. The molecule has 3 aromatic heterocycles. The standard InChI is InChI=1S/C17H14FN5/c1-10-5-14(6-13-8-20-22-16(10)13)23-9-11(2)21-17(23)12-3-4-19-15(18)7-12/h3-9H,1-2H3,(H,20,22). The summed E-state index contributed by atoms with van der Waals surface area (Å²) in [6, 6.07) is 7.24. The lowest BCUT2D eigenvalue weighted by Crippen LogP contribution is -1.98. The molecule has 4 rings (SSSR count). The molecule has 3 heterocycles. The molecular weight excluding hydrogens is 293 g/mol. The molecule has 0 unspecified atom stereocenters. The maximum absolute atomic E-state index is 13.5. The van der Waals surface area contributed by atoms with Crippen LogP contribution in [-0.2, 0) is 0 Å². The molecule has 4 aromatic rings. The third-order valence-electron chi connectivity index (χ3n) is 3.82. The van der Waals surface area contributed by atoms with E-state index in [1.54, 1.807) is 12.3 Å². The predicted molar refractivity (Wildman–Crippen MR) is 85.9 cm³/mol. The van der Waals surface area contributed by atoms with Crippen molar-refractivity contribution in [3.63, 3.8) is 0 Å². The summed E-state index contributed by atoms with van der Waals surface area (Å²) < 4.78 is 15.4. The second kappa shape index (κ2) is 5.01. The highest BCUT2D eigenvalue weighted by atomic mass is 19.1. The van der Waals surface area contributed by atoms with Gasteiger partial charge in [-0.05, 0) is 37.6 Å². The van der Waals surface area contributed by atoms with Gasteiger partial charge in [0.2, 0.25) is 5.95 Å². The van der Waals surface area contributed by atoms with E-state index in [0.29, 0.717) is 11.4 Å². The van der Waals surface area contributed by atoms with Gasteiger partial charge in [-0.3, -0.25) is 9.67 Å². The second-order valence-electron chi connectivity index (χ2n) is 5.54. The van der Waals surface area contributed by atoms with Gasteiger partial charge in [0.05, 0.1) is 17.4 Å². The fraction of sp³-hybridized carbons (Fsp3) is 0.118. The molecule has 6 heteroatoms. The number of nitrogens with one attached hydrogen (secondary N) is 1. The van der Waals surface area contributed by atoms with Crippen LogP contribution >= 0.6 is 0 Å². The van der Waals surface area contributed by atoms with Crippen molar-refractivity contribution in [2.24, 2.45) is 0 Å². The number of fused-ring (bicyclic) bond motifs is 1. The number of hydrogen-bond acceptors (Lipinski definition) is 3. The summed E-state index contributed by atoms with van der Waals surface area (Å²) in [5.74, 6) is 0.169. The highest BCUT2D eigenvalue weighted by molar-refractivity contribution is 5.83. The van der Waals surface area contributed by atoms with Crippen molar-refractivity contribution in [1.82, 2.24) is 24.7 Å². The summed E-state index contributed by atoms with van der Waals surface area (Å²) in [7, 11) is 0. The van der Waals surface area contributed by atoms with Crippen LogP contribution in [0.25, 0.3) is 28.0 Å². The minimum atomic E-state index is -0.517. The van der Waals surface area contributed by atoms with E-state index in [1.165, 1.54) is 12.3 Å². The Bertz CT molecular complexity index is 1010. The van der Waals surface area contributed by atoms with Gasteiger partial charge >= 0.3 is 0 Å². The van der Waals surface area contributed by atoms with Crippen LogP contribution in [0.3, 0.4) is 0 Å². The first-order valence-corrected chi connectivity index (χ1v) is 7.24. The number of benzene rings is 1. The molecule has 0 atom stereocenters. The molecule has 1 aromatic carbocycles. The second-order valence-corrected chi connectivity index (χ2v) is 5.54. The molecule has 0 fully saturated rings. The van der Waals surface area contributed by atoms with Crippen LogP contribution in [0, 0.1) is 19.8 Å². The topological polar surface area (TPSA) is 59.4 Å². The van der Waals surface area contributed by atoms with Crippen molar-refractivity contribution in [3.8, 4) is 17.1 Å². The predicted octanol–water partition coefficient (Wildman–Crippen LogP) is 3.57. The van der Waals surface area contributed by atoms with Crippen molar-refractivity contribution < 1.29 is 4.39 Å². The van der Waals surface area contributed by atoms with Crippen molar-refractivity contribution in [2.75, 3.05) is 0 Å². The van der Waals surface area contributed by atoms with Gasteiger partial charge in [0.1, 0.15) is 5.82 Å². The number of halogens is 1. The fourth-order valence-electron chi connectivity index (χ4n) is 2.79. The summed E-state index contributed by atoms with van der Waals surface area (Å²) in [5.41, 5.74) is 4.62. The molecule has 0 amide bonds. The SMILES string of the molecule is Cc1cn(-c2cc(C)c3[nH]ncc3c2)c(-c2ccnc(F)c2)n1. The minimum Gasteiger partial charge on any atom is -0.299 e. The summed E-state index contributed by atoms with van der Waals surface area (Å²) >= 11 is 0. The zero-order valence-electron chi connectivity index (χ0n) is 12.7.